The zero-order chi connectivity index (χ0) is 18.6. The highest BCUT2D eigenvalue weighted by molar-refractivity contribution is 5.67. The van der Waals surface area contributed by atoms with E-state index in [1.807, 2.05) is 6.20 Å². The molecule has 1 saturated heterocycles. The lowest BCUT2D eigenvalue weighted by Gasteiger charge is -2.31. The van der Waals surface area contributed by atoms with Gasteiger partial charge in [-0.3, -0.25) is 4.98 Å². The molecule has 4 nitrogen and oxygen atoms in total. The van der Waals surface area contributed by atoms with Crippen LogP contribution in [0, 0.1) is 19.8 Å². The SMILES string of the molecule is Cc1cnc(C)c(-c2cc(N3CCCCC3)c(CC3CCCCC3)nn2)c1. The van der Waals surface area contributed by atoms with Crippen molar-refractivity contribution in [2.75, 3.05) is 18.0 Å². The van der Waals surface area contributed by atoms with Gasteiger partial charge in [-0.2, -0.15) is 10.2 Å². The molecule has 1 aliphatic heterocycles. The van der Waals surface area contributed by atoms with E-state index in [0.717, 1.165) is 42.4 Å². The van der Waals surface area contributed by atoms with E-state index in [0.29, 0.717) is 0 Å². The van der Waals surface area contributed by atoms with Gasteiger partial charge in [-0.1, -0.05) is 32.1 Å². The Morgan fingerprint density at radius 2 is 1.67 bits per heavy atom. The molecule has 0 atom stereocenters. The molecule has 0 radical (unpaired) electrons. The smallest absolute Gasteiger partial charge is 0.0968 e. The van der Waals surface area contributed by atoms with Crippen LogP contribution in [-0.4, -0.2) is 28.3 Å². The predicted molar refractivity (Wildman–Crippen MR) is 111 cm³/mol. The van der Waals surface area contributed by atoms with Gasteiger partial charge < -0.3 is 4.90 Å². The highest BCUT2D eigenvalue weighted by Gasteiger charge is 2.22. The fraction of sp³-hybridized carbons (Fsp3) is 0.609. The van der Waals surface area contributed by atoms with E-state index < -0.39 is 0 Å². The van der Waals surface area contributed by atoms with Gasteiger partial charge >= 0.3 is 0 Å². The maximum atomic E-state index is 4.78. The first-order valence-electron chi connectivity index (χ1n) is 10.8. The third-order valence-corrected chi connectivity index (χ3v) is 6.25. The summed E-state index contributed by atoms with van der Waals surface area (Å²) in [4.78, 5) is 7.09. The normalized spacial score (nSPS) is 18.7. The van der Waals surface area contributed by atoms with Gasteiger partial charge in [0, 0.05) is 30.5 Å². The number of hydrogen-bond donors (Lipinski definition) is 0. The number of pyridine rings is 1. The first-order valence-corrected chi connectivity index (χ1v) is 10.8. The number of aromatic nitrogens is 3. The van der Waals surface area contributed by atoms with Crippen molar-refractivity contribution in [3.8, 4) is 11.3 Å². The van der Waals surface area contributed by atoms with Crippen LogP contribution in [-0.2, 0) is 6.42 Å². The minimum absolute atomic E-state index is 0.782. The van der Waals surface area contributed by atoms with Gasteiger partial charge in [0.2, 0.25) is 0 Å². The average Bonchev–Trinajstić information content (AvgIpc) is 2.72. The Kier molecular flexibility index (Phi) is 5.70. The van der Waals surface area contributed by atoms with Crippen molar-refractivity contribution >= 4 is 5.69 Å². The van der Waals surface area contributed by atoms with Crippen molar-refractivity contribution in [2.24, 2.45) is 5.92 Å². The van der Waals surface area contributed by atoms with Crippen LogP contribution < -0.4 is 4.90 Å². The lowest BCUT2D eigenvalue weighted by atomic mass is 9.85. The standard InChI is InChI=1S/C23H32N4/c1-17-13-20(18(2)24-16-17)21-15-23(27-11-7-4-8-12-27)22(26-25-21)14-19-9-5-3-6-10-19/h13,15-16,19H,3-12,14H2,1-2H3. The molecule has 1 aliphatic carbocycles. The summed E-state index contributed by atoms with van der Waals surface area (Å²) in [7, 11) is 0. The number of aryl methyl sites for hydroxylation is 2. The summed E-state index contributed by atoms with van der Waals surface area (Å²) in [5.74, 6) is 0.782. The first kappa shape index (κ1) is 18.4. The minimum atomic E-state index is 0.782. The summed E-state index contributed by atoms with van der Waals surface area (Å²) >= 11 is 0. The topological polar surface area (TPSA) is 41.9 Å². The zero-order valence-corrected chi connectivity index (χ0v) is 16.9. The first-order chi connectivity index (χ1) is 13.2. The molecule has 144 valence electrons. The Labute approximate surface area is 163 Å². The molecule has 0 unspecified atom stereocenters. The molecule has 3 heterocycles. The van der Waals surface area contributed by atoms with Crippen molar-refractivity contribution in [1.82, 2.24) is 15.2 Å². The fourth-order valence-corrected chi connectivity index (χ4v) is 4.65. The van der Waals surface area contributed by atoms with Crippen LogP contribution in [0.25, 0.3) is 11.3 Å². The molecule has 2 aliphatic rings. The number of anilines is 1. The predicted octanol–water partition coefficient (Wildman–Crippen LogP) is 5.27. The maximum Gasteiger partial charge on any atom is 0.0968 e. The lowest BCUT2D eigenvalue weighted by molar-refractivity contribution is 0.353. The molecule has 27 heavy (non-hydrogen) atoms. The highest BCUT2D eigenvalue weighted by atomic mass is 15.2. The van der Waals surface area contributed by atoms with E-state index in [-0.39, 0.29) is 0 Å². The molecule has 0 aromatic carbocycles. The molecule has 0 spiro atoms. The van der Waals surface area contributed by atoms with E-state index in [1.165, 1.54) is 68.3 Å². The summed E-state index contributed by atoms with van der Waals surface area (Å²) in [5, 5.41) is 9.43. The summed E-state index contributed by atoms with van der Waals surface area (Å²) < 4.78 is 0. The molecule has 0 amide bonds. The van der Waals surface area contributed by atoms with Crippen LogP contribution in [0.4, 0.5) is 5.69 Å². The largest absolute Gasteiger partial charge is 0.370 e. The molecular formula is C23H32N4. The van der Waals surface area contributed by atoms with Gasteiger partial charge in [0.1, 0.15) is 0 Å². The van der Waals surface area contributed by atoms with Crippen molar-refractivity contribution in [3.05, 3.63) is 35.3 Å². The monoisotopic (exact) mass is 364 g/mol. The summed E-state index contributed by atoms with van der Waals surface area (Å²) in [6.45, 7) is 6.45. The average molecular weight is 365 g/mol. The Morgan fingerprint density at radius 1 is 0.926 bits per heavy atom. The Balaban J connectivity index is 1.69. The Bertz CT molecular complexity index is 774. The van der Waals surface area contributed by atoms with Crippen LogP contribution >= 0.6 is 0 Å². The van der Waals surface area contributed by atoms with Crippen LogP contribution in [0.3, 0.4) is 0 Å². The second kappa shape index (κ2) is 8.37. The molecular weight excluding hydrogens is 332 g/mol. The van der Waals surface area contributed by atoms with Gasteiger partial charge in [-0.25, -0.2) is 0 Å². The number of rotatable bonds is 4. The summed E-state index contributed by atoms with van der Waals surface area (Å²) in [5.41, 5.74) is 6.82. The van der Waals surface area contributed by atoms with Crippen LogP contribution in [0.5, 0.6) is 0 Å². The lowest BCUT2D eigenvalue weighted by Crippen LogP contribution is -2.31. The van der Waals surface area contributed by atoms with Gasteiger partial charge in [-0.05, 0) is 63.1 Å². The molecule has 0 N–H and O–H groups in total. The molecule has 2 aromatic rings. The van der Waals surface area contributed by atoms with Crippen molar-refractivity contribution in [1.29, 1.82) is 0 Å². The van der Waals surface area contributed by atoms with Crippen molar-refractivity contribution in [2.45, 2.75) is 71.6 Å². The number of hydrogen-bond acceptors (Lipinski definition) is 4. The molecule has 2 fully saturated rings. The van der Waals surface area contributed by atoms with E-state index in [1.54, 1.807) is 0 Å². The third kappa shape index (κ3) is 4.31. The zero-order valence-electron chi connectivity index (χ0n) is 16.9. The van der Waals surface area contributed by atoms with E-state index in [2.05, 4.69) is 41.0 Å². The number of piperidine rings is 1. The van der Waals surface area contributed by atoms with Gasteiger partial charge in [0.05, 0.1) is 17.1 Å². The molecule has 1 saturated carbocycles. The number of nitrogens with zero attached hydrogens (tertiary/aromatic N) is 4. The minimum Gasteiger partial charge on any atom is -0.370 e. The van der Waals surface area contributed by atoms with Crippen molar-refractivity contribution < 1.29 is 0 Å². The maximum absolute atomic E-state index is 4.78. The van der Waals surface area contributed by atoms with Crippen LogP contribution in [0.2, 0.25) is 0 Å². The van der Waals surface area contributed by atoms with E-state index in [4.69, 9.17) is 5.10 Å². The second-order valence-electron chi connectivity index (χ2n) is 8.46. The fourth-order valence-electron chi connectivity index (χ4n) is 4.65. The van der Waals surface area contributed by atoms with E-state index >= 15 is 0 Å². The van der Waals surface area contributed by atoms with E-state index in [9.17, 15) is 0 Å². The molecule has 2 aromatic heterocycles. The van der Waals surface area contributed by atoms with Gasteiger partial charge in [0.15, 0.2) is 0 Å². The highest BCUT2D eigenvalue weighted by Crippen LogP contribution is 2.33. The molecule has 4 rings (SSSR count). The Morgan fingerprint density at radius 3 is 2.44 bits per heavy atom. The van der Waals surface area contributed by atoms with Crippen LogP contribution in [0.1, 0.15) is 68.3 Å². The van der Waals surface area contributed by atoms with Gasteiger partial charge in [0.25, 0.3) is 0 Å². The third-order valence-electron chi connectivity index (χ3n) is 6.25. The van der Waals surface area contributed by atoms with Crippen molar-refractivity contribution in [3.63, 3.8) is 0 Å². The van der Waals surface area contributed by atoms with Crippen LogP contribution in [0.15, 0.2) is 18.3 Å². The summed E-state index contributed by atoms with van der Waals surface area (Å²) in [6.07, 6.45) is 13.8. The quantitative estimate of drug-likeness (QED) is 0.741. The molecule has 0 bridgehead atoms. The Hall–Kier alpha value is -1.97. The van der Waals surface area contributed by atoms with Gasteiger partial charge in [-0.15, -0.1) is 0 Å². The molecule has 4 heteroatoms. The second-order valence-corrected chi connectivity index (χ2v) is 8.46. The summed E-state index contributed by atoms with van der Waals surface area (Å²) in [6, 6.07) is 4.48.